The molecule has 3 aromatic rings. The maximum atomic E-state index is 12.8. The number of alkyl halides is 1. The SMILES string of the molecule is C#CCCCC(=O)O[C@H]1C[C@H](n2c(-c3cccc(C(C)=O)c3)nc3c(=O)[nH]c(N)nc32)O[C@@H]1COC(=O)CCCCCBr. The summed E-state index contributed by atoms with van der Waals surface area (Å²) in [6.07, 6.45) is 6.85. The Morgan fingerprint density at radius 2 is 1.98 bits per heavy atom. The molecule has 1 aromatic carbocycles. The van der Waals surface area contributed by atoms with Crippen LogP contribution >= 0.6 is 15.9 Å². The average Bonchev–Trinajstić information content (AvgIpc) is 3.55. The van der Waals surface area contributed by atoms with Gasteiger partial charge in [0.25, 0.3) is 5.56 Å². The molecule has 0 amide bonds. The molecule has 3 N–H and O–H groups in total. The molecule has 4 rings (SSSR count). The number of nitrogens with one attached hydrogen (secondary N) is 1. The van der Waals surface area contributed by atoms with Gasteiger partial charge in [0, 0.05) is 42.1 Å². The quantitative estimate of drug-likeness (QED) is 0.0848. The number of hydrogen-bond acceptors (Lipinski definition) is 10. The summed E-state index contributed by atoms with van der Waals surface area (Å²) >= 11 is 3.38. The molecule has 1 aliphatic rings. The molecule has 2 aromatic heterocycles. The van der Waals surface area contributed by atoms with Gasteiger partial charge in [-0.05, 0) is 32.3 Å². The number of benzene rings is 1. The number of Topliss-reactive ketones (excluding diaryl/α,β-unsaturated/α-hetero) is 1. The van der Waals surface area contributed by atoms with Gasteiger partial charge in [-0.1, -0.05) is 40.5 Å². The number of ketones is 1. The molecule has 12 nitrogen and oxygen atoms in total. The van der Waals surface area contributed by atoms with Gasteiger partial charge in [-0.15, -0.1) is 12.3 Å². The Hall–Kier alpha value is -4.02. The standard InChI is InChI=1S/C30H34BrN5O7/c1-3-4-6-13-25(39)43-21-16-23(42-22(21)17-41-24(38)12-7-5-8-14-31)36-27(20-11-9-10-19(15-20)18(2)37)33-26-28(36)34-30(32)35-29(26)40/h1,9-11,15,21-23H,4-8,12-14,16-17H2,2H3,(H3,32,34,35,40)/t21-,22+,23+/m0/s1. The highest BCUT2D eigenvalue weighted by Gasteiger charge is 2.41. The summed E-state index contributed by atoms with van der Waals surface area (Å²) in [5.41, 5.74) is 6.49. The second kappa shape index (κ2) is 14.9. The molecule has 0 saturated carbocycles. The average molecular weight is 657 g/mol. The number of hydrogen-bond donors (Lipinski definition) is 2. The lowest BCUT2D eigenvalue weighted by Gasteiger charge is -2.19. The zero-order valence-electron chi connectivity index (χ0n) is 23.8. The minimum Gasteiger partial charge on any atom is -0.463 e. The summed E-state index contributed by atoms with van der Waals surface area (Å²) in [5, 5.41) is 0.865. The monoisotopic (exact) mass is 655 g/mol. The third-order valence-corrected chi connectivity index (χ3v) is 7.53. The van der Waals surface area contributed by atoms with Gasteiger partial charge in [-0.3, -0.25) is 28.7 Å². The second-order valence-electron chi connectivity index (χ2n) is 10.2. The van der Waals surface area contributed by atoms with E-state index >= 15 is 0 Å². The fourth-order valence-electron chi connectivity index (χ4n) is 4.84. The summed E-state index contributed by atoms with van der Waals surface area (Å²) in [6.45, 7) is 1.30. The van der Waals surface area contributed by atoms with Crippen LogP contribution in [0.3, 0.4) is 0 Å². The maximum Gasteiger partial charge on any atom is 0.306 e. The van der Waals surface area contributed by atoms with E-state index in [0.717, 1.165) is 18.2 Å². The number of carbonyl (C=O) groups is 3. The van der Waals surface area contributed by atoms with E-state index < -0.39 is 30.0 Å². The first kappa shape index (κ1) is 31.9. The number of nitrogens with two attached hydrogens (primary N) is 1. The van der Waals surface area contributed by atoms with Gasteiger partial charge < -0.3 is 19.9 Å². The Kier molecular flexibility index (Phi) is 11.1. The zero-order chi connectivity index (χ0) is 30.9. The van der Waals surface area contributed by atoms with E-state index in [1.807, 2.05) is 0 Å². The number of terminal acetylenes is 1. The van der Waals surface area contributed by atoms with E-state index in [4.69, 9.17) is 26.4 Å². The van der Waals surface area contributed by atoms with Crippen LogP contribution < -0.4 is 11.3 Å². The summed E-state index contributed by atoms with van der Waals surface area (Å²) < 4.78 is 19.2. The summed E-state index contributed by atoms with van der Waals surface area (Å²) in [4.78, 5) is 61.3. The first-order chi connectivity index (χ1) is 20.7. The van der Waals surface area contributed by atoms with Gasteiger partial charge in [0.15, 0.2) is 16.9 Å². The number of aromatic nitrogens is 4. The highest BCUT2D eigenvalue weighted by atomic mass is 79.9. The van der Waals surface area contributed by atoms with E-state index in [9.17, 15) is 19.2 Å². The van der Waals surface area contributed by atoms with Crippen LogP contribution in [0.5, 0.6) is 0 Å². The zero-order valence-corrected chi connectivity index (χ0v) is 25.4. The van der Waals surface area contributed by atoms with Crippen molar-refractivity contribution < 1.29 is 28.6 Å². The van der Waals surface area contributed by atoms with Crippen molar-refractivity contribution in [2.45, 2.75) is 76.7 Å². The fourth-order valence-corrected chi connectivity index (χ4v) is 5.23. The van der Waals surface area contributed by atoms with E-state index in [1.165, 1.54) is 6.92 Å². The van der Waals surface area contributed by atoms with Gasteiger partial charge in [-0.25, -0.2) is 4.98 Å². The molecular formula is C30H34BrN5O7. The van der Waals surface area contributed by atoms with Crippen LogP contribution in [0.2, 0.25) is 0 Å². The van der Waals surface area contributed by atoms with Crippen LogP contribution in [-0.4, -0.2) is 61.4 Å². The van der Waals surface area contributed by atoms with E-state index in [-0.39, 0.29) is 54.7 Å². The number of ether oxygens (including phenoxy) is 3. The maximum absolute atomic E-state index is 12.8. The van der Waals surface area contributed by atoms with Crippen molar-refractivity contribution in [2.24, 2.45) is 0 Å². The third kappa shape index (κ3) is 8.09. The van der Waals surface area contributed by atoms with Gasteiger partial charge in [-0.2, -0.15) is 4.98 Å². The molecule has 0 aliphatic carbocycles. The van der Waals surface area contributed by atoms with E-state index in [1.54, 1.807) is 28.8 Å². The Labute approximate surface area is 256 Å². The Morgan fingerprint density at radius 1 is 1.19 bits per heavy atom. The number of anilines is 1. The van der Waals surface area contributed by atoms with Crippen molar-refractivity contribution in [3.05, 3.63) is 40.2 Å². The van der Waals surface area contributed by atoms with Gasteiger partial charge in [0.05, 0.1) is 0 Å². The topological polar surface area (TPSA) is 168 Å². The third-order valence-electron chi connectivity index (χ3n) is 6.97. The number of halogens is 1. The number of nitrogen functional groups attached to an aromatic ring is 1. The molecule has 1 aliphatic heterocycles. The predicted octanol–water partition coefficient (Wildman–Crippen LogP) is 4.07. The molecule has 0 unspecified atom stereocenters. The predicted molar refractivity (Wildman–Crippen MR) is 162 cm³/mol. The van der Waals surface area contributed by atoms with Gasteiger partial charge in [0.2, 0.25) is 5.95 Å². The minimum atomic E-state index is -0.833. The van der Waals surface area contributed by atoms with Crippen LogP contribution in [0.4, 0.5) is 5.95 Å². The lowest BCUT2D eigenvalue weighted by Crippen LogP contribution is -2.32. The molecule has 3 atom stereocenters. The fraction of sp³-hybridized carbons (Fsp3) is 0.467. The van der Waals surface area contributed by atoms with E-state index in [2.05, 4.69) is 36.8 Å². The molecular weight excluding hydrogens is 622 g/mol. The number of H-pyrrole nitrogens is 1. The second-order valence-corrected chi connectivity index (χ2v) is 11.0. The number of carbonyl (C=O) groups excluding carboxylic acids is 3. The number of rotatable bonds is 14. The number of nitrogens with zero attached hydrogens (tertiary/aromatic N) is 3. The number of aromatic amines is 1. The molecule has 228 valence electrons. The first-order valence-corrected chi connectivity index (χ1v) is 15.2. The molecule has 13 heteroatoms. The molecule has 0 radical (unpaired) electrons. The number of fused-ring (bicyclic) bond motifs is 1. The molecule has 0 bridgehead atoms. The normalized spacial score (nSPS) is 17.9. The van der Waals surface area contributed by atoms with Crippen LogP contribution in [0.25, 0.3) is 22.6 Å². The van der Waals surface area contributed by atoms with Crippen molar-refractivity contribution in [1.82, 2.24) is 19.5 Å². The highest BCUT2D eigenvalue weighted by molar-refractivity contribution is 9.09. The Bertz CT molecular complexity index is 1580. The first-order valence-electron chi connectivity index (χ1n) is 14.1. The summed E-state index contributed by atoms with van der Waals surface area (Å²) in [7, 11) is 0. The van der Waals surface area contributed by atoms with Crippen LogP contribution in [0.15, 0.2) is 29.1 Å². The van der Waals surface area contributed by atoms with Gasteiger partial charge in [0.1, 0.15) is 30.9 Å². The molecule has 43 heavy (non-hydrogen) atoms. The lowest BCUT2D eigenvalue weighted by molar-refractivity contribution is -0.158. The largest absolute Gasteiger partial charge is 0.463 e. The highest BCUT2D eigenvalue weighted by Crippen LogP contribution is 2.37. The Balaban J connectivity index is 1.66. The van der Waals surface area contributed by atoms with Crippen molar-refractivity contribution in [1.29, 1.82) is 0 Å². The van der Waals surface area contributed by atoms with E-state index in [0.29, 0.717) is 36.2 Å². The molecule has 0 spiro atoms. The number of unbranched alkanes of at least 4 members (excludes halogenated alkanes) is 3. The van der Waals surface area contributed by atoms with Crippen molar-refractivity contribution in [3.63, 3.8) is 0 Å². The Morgan fingerprint density at radius 3 is 2.72 bits per heavy atom. The summed E-state index contributed by atoms with van der Waals surface area (Å²) in [5.74, 6) is 1.69. The van der Waals surface area contributed by atoms with Crippen molar-refractivity contribution in [2.75, 3.05) is 17.7 Å². The minimum absolute atomic E-state index is 0.0159. The van der Waals surface area contributed by atoms with Crippen molar-refractivity contribution >= 4 is 50.8 Å². The molecule has 1 saturated heterocycles. The van der Waals surface area contributed by atoms with Crippen molar-refractivity contribution in [3.8, 4) is 23.7 Å². The smallest absolute Gasteiger partial charge is 0.306 e. The van der Waals surface area contributed by atoms with Crippen LogP contribution in [-0.2, 0) is 23.8 Å². The van der Waals surface area contributed by atoms with Gasteiger partial charge >= 0.3 is 11.9 Å². The van der Waals surface area contributed by atoms with Crippen LogP contribution in [0.1, 0.15) is 74.9 Å². The number of esters is 2. The van der Waals surface area contributed by atoms with Crippen LogP contribution in [0, 0.1) is 12.3 Å². The molecule has 3 heterocycles. The molecule has 1 fully saturated rings. The lowest BCUT2D eigenvalue weighted by atomic mass is 10.1. The number of imidazole rings is 1. The summed E-state index contributed by atoms with van der Waals surface area (Å²) in [6, 6.07) is 6.78.